The molecule has 0 unspecified atom stereocenters. The van der Waals surface area contributed by atoms with Crippen LogP contribution in [0.3, 0.4) is 0 Å². The van der Waals surface area contributed by atoms with Gasteiger partial charge in [-0.15, -0.1) is 0 Å². The lowest BCUT2D eigenvalue weighted by molar-refractivity contribution is -0.117. The minimum Gasteiger partial charge on any atom is -0.487 e. The Bertz CT molecular complexity index is 912. The molecule has 4 rings (SSSR count). The van der Waals surface area contributed by atoms with Crippen molar-refractivity contribution in [1.29, 1.82) is 0 Å². The van der Waals surface area contributed by atoms with Gasteiger partial charge in [0.1, 0.15) is 11.4 Å². The number of hydrogen-bond donors (Lipinski definition) is 2. The van der Waals surface area contributed by atoms with Crippen molar-refractivity contribution in [3.8, 4) is 5.75 Å². The molecule has 1 fully saturated rings. The van der Waals surface area contributed by atoms with Crippen molar-refractivity contribution in [3.05, 3.63) is 54.1 Å². The minimum absolute atomic E-state index is 0.0725. The van der Waals surface area contributed by atoms with Crippen LogP contribution in [0.1, 0.15) is 44.7 Å². The van der Waals surface area contributed by atoms with Gasteiger partial charge < -0.3 is 20.3 Å². The fourth-order valence-electron chi connectivity index (χ4n) is 3.93. The summed E-state index contributed by atoms with van der Waals surface area (Å²) < 4.78 is 6.09. The summed E-state index contributed by atoms with van der Waals surface area (Å²) in [5.74, 6) is 1.08. The van der Waals surface area contributed by atoms with Crippen LogP contribution in [0.2, 0.25) is 0 Å². The second-order valence-corrected chi connectivity index (χ2v) is 8.36. The highest BCUT2D eigenvalue weighted by atomic mass is 32.1. The van der Waals surface area contributed by atoms with Crippen LogP contribution >= 0.6 is 12.2 Å². The molecule has 1 atom stereocenters. The SMILES string of the molecule is CC1(C)C[C@H](NC(=S)Nc2cccc(N3CCCC3=O)c2)c2ccccc2O1. The molecule has 0 bridgehead atoms. The summed E-state index contributed by atoms with van der Waals surface area (Å²) in [7, 11) is 0. The molecule has 146 valence electrons. The average molecular weight is 396 g/mol. The Morgan fingerprint density at radius 1 is 1.21 bits per heavy atom. The van der Waals surface area contributed by atoms with Gasteiger partial charge in [0.2, 0.25) is 5.91 Å². The predicted octanol–water partition coefficient (Wildman–Crippen LogP) is 4.40. The van der Waals surface area contributed by atoms with Crippen LogP contribution in [0.25, 0.3) is 0 Å². The van der Waals surface area contributed by atoms with Crippen LogP contribution in [0.5, 0.6) is 5.75 Å². The standard InChI is InChI=1S/C22H25N3O2S/c1-22(2)14-18(17-9-3-4-10-19(17)27-22)24-21(28)23-15-7-5-8-16(13-15)25-12-6-11-20(25)26/h3-5,7-10,13,18H,6,11-12,14H2,1-2H3,(H2,23,24,28)/t18-/m0/s1. The molecule has 0 spiro atoms. The van der Waals surface area contributed by atoms with Crippen molar-refractivity contribution in [2.24, 2.45) is 0 Å². The van der Waals surface area contributed by atoms with E-state index in [0.717, 1.165) is 42.1 Å². The summed E-state index contributed by atoms with van der Waals surface area (Å²) in [4.78, 5) is 13.8. The van der Waals surface area contributed by atoms with Crippen molar-refractivity contribution >= 4 is 34.6 Å². The molecule has 0 radical (unpaired) electrons. The summed E-state index contributed by atoms with van der Waals surface area (Å²) in [6, 6.07) is 16.0. The van der Waals surface area contributed by atoms with E-state index in [-0.39, 0.29) is 17.6 Å². The smallest absolute Gasteiger partial charge is 0.227 e. The molecule has 2 N–H and O–H groups in total. The number of ether oxygens (including phenoxy) is 1. The summed E-state index contributed by atoms with van der Waals surface area (Å²) in [6.45, 7) is 4.95. The summed E-state index contributed by atoms with van der Waals surface area (Å²) >= 11 is 5.58. The van der Waals surface area contributed by atoms with Gasteiger partial charge in [0.25, 0.3) is 0 Å². The van der Waals surface area contributed by atoms with Gasteiger partial charge in [-0.2, -0.15) is 0 Å². The molecule has 2 aliphatic rings. The maximum absolute atomic E-state index is 12.0. The van der Waals surface area contributed by atoms with Crippen molar-refractivity contribution in [2.75, 3.05) is 16.8 Å². The van der Waals surface area contributed by atoms with Crippen molar-refractivity contribution in [1.82, 2.24) is 5.32 Å². The monoisotopic (exact) mass is 395 g/mol. The van der Waals surface area contributed by atoms with E-state index in [4.69, 9.17) is 17.0 Å². The molecule has 1 saturated heterocycles. The third-order valence-electron chi connectivity index (χ3n) is 5.17. The number of benzene rings is 2. The highest BCUT2D eigenvalue weighted by Gasteiger charge is 2.33. The molecular weight excluding hydrogens is 370 g/mol. The van der Waals surface area contributed by atoms with Crippen molar-refractivity contribution in [2.45, 2.75) is 44.8 Å². The number of hydrogen-bond acceptors (Lipinski definition) is 3. The second kappa shape index (κ2) is 7.43. The molecule has 2 aromatic carbocycles. The number of carbonyl (C=O) groups is 1. The number of nitrogens with zero attached hydrogens (tertiary/aromatic N) is 1. The third-order valence-corrected chi connectivity index (χ3v) is 5.39. The number of thiocarbonyl (C=S) groups is 1. The van der Waals surface area contributed by atoms with Crippen LogP contribution in [-0.4, -0.2) is 23.2 Å². The Kier molecular flexibility index (Phi) is 4.98. The van der Waals surface area contributed by atoms with E-state index in [1.54, 1.807) is 0 Å². The zero-order chi connectivity index (χ0) is 19.7. The zero-order valence-electron chi connectivity index (χ0n) is 16.2. The molecule has 0 saturated carbocycles. The molecular formula is C22H25N3O2S. The van der Waals surface area contributed by atoms with Crippen molar-refractivity contribution < 1.29 is 9.53 Å². The fourth-order valence-corrected chi connectivity index (χ4v) is 4.19. The average Bonchev–Trinajstić information content (AvgIpc) is 3.07. The molecule has 0 aromatic heterocycles. The number of nitrogens with one attached hydrogen (secondary N) is 2. The fraction of sp³-hybridized carbons (Fsp3) is 0.364. The Hall–Kier alpha value is -2.60. The first-order valence-corrected chi connectivity index (χ1v) is 10.1. The Morgan fingerprint density at radius 3 is 2.82 bits per heavy atom. The number of fused-ring (bicyclic) bond motifs is 1. The van der Waals surface area contributed by atoms with E-state index in [9.17, 15) is 4.79 Å². The molecule has 2 aliphatic heterocycles. The molecule has 28 heavy (non-hydrogen) atoms. The number of anilines is 2. The van der Waals surface area contributed by atoms with Crippen LogP contribution in [0.4, 0.5) is 11.4 Å². The summed E-state index contributed by atoms with van der Waals surface area (Å²) in [5.41, 5.74) is 2.63. The van der Waals surface area contributed by atoms with Gasteiger partial charge in [-0.05, 0) is 56.8 Å². The molecule has 6 heteroatoms. The Labute approximate surface area is 171 Å². The Balaban J connectivity index is 1.47. The highest BCUT2D eigenvalue weighted by Crippen LogP contribution is 2.39. The van der Waals surface area contributed by atoms with Gasteiger partial charge in [-0.3, -0.25) is 4.79 Å². The van der Waals surface area contributed by atoms with Crippen LogP contribution in [0, 0.1) is 0 Å². The lowest BCUT2D eigenvalue weighted by Crippen LogP contribution is -2.42. The summed E-state index contributed by atoms with van der Waals surface area (Å²) in [5, 5.41) is 7.26. The number of amides is 1. The molecule has 1 amide bonds. The lowest BCUT2D eigenvalue weighted by Gasteiger charge is -2.38. The predicted molar refractivity (Wildman–Crippen MR) is 116 cm³/mol. The van der Waals surface area contributed by atoms with Crippen LogP contribution < -0.4 is 20.3 Å². The topological polar surface area (TPSA) is 53.6 Å². The normalized spacial score (nSPS) is 20.3. The van der Waals surface area contributed by atoms with Gasteiger partial charge in [0.05, 0.1) is 6.04 Å². The minimum atomic E-state index is -0.266. The first-order chi connectivity index (χ1) is 13.4. The van der Waals surface area contributed by atoms with E-state index in [0.29, 0.717) is 11.5 Å². The second-order valence-electron chi connectivity index (χ2n) is 7.95. The van der Waals surface area contributed by atoms with Crippen LogP contribution in [0.15, 0.2) is 48.5 Å². The molecule has 2 heterocycles. The van der Waals surface area contributed by atoms with Gasteiger partial charge >= 0.3 is 0 Å². The third kappa shape index (κ3) is 3.97. The lowest BCUT2D eigenvalue weighted by atomic mass is 9.90. The maximum atomic E-state index is 12.0. The van der Waals surface area contributed by atoms with Crippen LogP contribution in [-0.2, 0) is 4.79 Å². The molecule has 2 aromatic rings. The first kappa shape index (κ1) is 18.7. The van der Waals surface area contributed by atoms with Gasteiger partial charge in [-0.1, -0.05) is 24.3 Å². The Morgan fingerprint density at radius 2 is 2.04 bits per heavy atom. The van der Waals surface area contributed by atoms with E-state index < -0.39 is 0 Å². The quantitative estimate of drug-likeness (QED) is 0.755. The largest absolute Gasteiger partial charge is 0.487 e. The summed E-state index contributed by atoms with van der Waals surface area (Å²) in [6.07, 6.45) is 2.35. The van der Waals surface area contributed by atoms with Gasteiger partial charge in [0.15, 0.2) is 5.11 Å². The highest BCUT2D eigenvalue weighted by molar-refractivity contribution is 7.80. The maximum Gasteiger partial charge on any atom is 0.227 e. The van der Waals surface area contributed by atoms with Gasteiger partial charge in [-0.25, -0.2) is 0 Å². The van der Waals surface area contributed by atoms with E-state index >= 15 is 0 Å². The van der Waals surface area contributed by atoms with E-state index in [1.165, 1.54) is 0 Å². The number of rotatable bonds is 3. The molecule has 0 aliphatic carbocycles. The van der Waals surface area contributed by atoms with E-state index in [2.05, 4.69) is 30.5 Å². The zero-order valence-corrected chi connectivity index (χ0v) is 17.0. The number of para-hydroxylation sites is 1. The van der Waals surface area contributed by atoms with Gasteiger partial charge in [0, 0.05) is 36.3 Å². The number of carbonyl (C=O) groups excluding carboxylic acids is 1. The first-order valence-electron chi connectivity index (χ1n) is 9.67. The molecule has 5 nitrogen and oxygen atoms in total. The van der Waals surface area contributed by atoms with E-state index in [1.807, 2.05) is 47.4 Å². The van der Waals surface area contributed by atoms with Crippen molar-refractivity contribution in [3.63, 3.8) is 0 Å².